The predicted octanol–water partition coefficient (Wildman–Crippen LogP) is 4.27. The number of pyridine rings is 1. The van der Waals surface area contributed by atoms with Gasteiger partial charge in [-0.15, -0.1) is 0 Å². The maximum atomic E-state index is 11.1. The summed E-state index contributed by atoms with van der Waals surface area (Å²) in [5, 5.41) is 14.7. The van der Waals surface area contributed by atoms with E-state index in [1.165, 1.54) is 17.8 Å². The molecule has 0 bridgehead atoms. The van der Waals surface area contributed by atoms with Gasteiger partial charge in [0, 0.05) is 17.5 Å². The van der Waals surface area contributed by atoms with Crippen LogP contribution in [0.25, 0.3) is 0 Å². The van der Waals surface area contributed by atoms with Gasteiger partial charge in [-0.2, -0.15) is 0 Å². The highest BCUT2D eigenvalue weighted by atomic mass is 32.2. The van der Waals surface area contributed by atoms with Crippen molar-refractivity contribution in [1.29, 1.82) is 0 Å². The minimum absolute atomic E-state index is 0.0311. The van der Waals surface area contributed by atoms with Crippen molar-refractivity contribution in [1.82, 2.24) is 4.98 Å². The zero-order valence-corrected chi connectivity index (χ0v) is 12.8. The fourth-order valence-electron chi connectivity index (χ4n) is 1.79. The minimum Gasteiger partial charge on any atom is -0.370 e. The predicted molar refractivity (Wildman–Crippen MR) is 85.0 cm³/mol. The topological polar surface area (TPSA) is 68.1 Å². The molecule has 21 heavy (non-hydrogen) atoms. The fourth-order valence-corrected chi connectivity index (χ4v) is 2.79. The number of nitro groups is 1. The standard InChI is InChI=1S/C15H17N3O2S/c1-3-9-16-14-8-7-13(18(19)20)15(17-14)21-12-6-4-5-11(2)10-12/h4-8,10H,3,9H2,1-2H3,(H,16,17). The first-order valence-corrected chi connectivity index (χ1v) is 7.55. The summed E-state index contributed by atoms with van der Waals surface area (Å²) in [5.41, 5.74) is 1.14. The smallest absolute Gasteiger partial charge is 0.301 e. The Kier molecular flexibility index (Phi) is 5.16. The van der Waals surface area contributed by atoms with Crippen LogP contribution < -0.4 is 5.32 Å². The number of benzene rings is 1. The van der Waals surface area contributed by atoms with E-state index in [0.29, 0.717) is 10.8 Å². The van der Waals surface area contributed by atoms with Gasteiger partial charge in [0.15, 0.2) is 5.03 Å². The molecule has 6 heteroatoms. The second-order valence-electron chi connectivity index (χ2n) is 4.62. The van der Waals surface area contributed by atoms with E-state index in [1.807, 2.05) is 31.2 Å². The fraction of sp³-hybridized carbons (Fsp3) is 0.267. The third-order valence-corrected chi connectivity index (χ3v) is 3.78. The maximum Gasteiger partial charge on any atom is 0.301 e. The van der Waals surface area contributed by atoms with Crippen molar-refractivity contribution in [3.63, 3.8) is 0 Å². The highest BCUT2D eigenvalue weighted by Gasteiger charge is 2.17. The molecular formula is C15H17N3O2S. The molecule has 0 saturated heterocycles. The van der Waals surface area contributed by atoms with Gasteiger partial charge >= 0.3 is 5.69 Å². The summed E-state index contributed by atoms with van der Waals surface area (Å²) in [6.07, 6.45) is 0.971. The molecule has 0 aliphatic carbocycles. The van der Waals surface area contributed by atoms with Gasteiger partial charge in [0.25, 0.3) is 0 Å². The van der Waals surface area contributed by atoms with E-state index in [4.69, 9.17) is 0 Å². The van der Waals surface area contributed by atoms with Gasteiger partial charge in [0.05, 0.1) is 4.92 Å². The summed E-state index contributed by atoms with van der Waals surface area (Å²) in [6.45, 7) is 4.84. The van der Waals surface area contributed by atoms with Crippen molar-refractivity contribution in [2.24, 2.45) is 0 Å². The lowest BCUT2D eigenvalue weighted by Gasteiger charge is -2.07. The van der Waals surface area contributed by atoms with Gasteiger partial charge in [-0.25, -0.2) is 4.98 Å². The molecule has 0 radical (unpaired) electrons. The molecule has 0 aliphatic heterocycles. The quantitative estimate of drug-likeness (QED) is 0.637. The van der Waals surface area contributed by atoms with Crippen molar-refractivity contribution < 1.29 is 4.92 Å². The Labute approximate surface area is 127 Å². The first-order valence-electron chi connectivity index (χ1n) is 6.74. The number of aromatic nitrogens is 1. The summed E-state index contributed by atoms with van der Waals surface area (Å²) in [5.74, 6) is 0.664. The van der Waals surface area contributed by atoms with Gasteiger partial charge in [-0.1, -0.05) is 36.4 Å². The number of nitrogens with zero attached hydrogens (tertiary/aromatic N) is 2. The molecule has 1 aromatic carbocycles. The van der Waals surface area contributed by atoms with Crippen molar-refractivity contribution in [3.8, 4) is 0 Å². The van der Waals surface area contributed by atoms with Crippen LogP contribution in [0.4, 0.5) is 11.5 Å². The summed E-state index contributed by atoms with van der Waals surface area (Å²) < 4.78 is 0. The number of anilines is 1. The van der Waals surface area contributed by atoms with Gasteiger partial charge in [0.1, 0.15) is 5.82 Å². The average Bonchev–Trinajstić information content (AvgIpc) is 2.45. The van der Waals surface area contributed by atoms with Crippen LogP contribution in [-0.4, -0.2) is 16.5 Å². The molecule has 2 aromatic rings. The van der Waals surface area contributed by atoms with Crippen LogP contribution in [0.3, 0.4) is 0 Å². The molecule has 0 atom stereocenters. The lowest BCUT2D eigenvalue weighted by molar-refractivity contribution is -0.388. The number of aryl methyl sites for hydroxylation is 1. The molecular weight excluding hydrogens is 286 g/mol. The van der Waals surface area contributed by atoms with E-state index in [1.54, 1.807) is 6.07 Å². The number of hydrogen-bond donors (Lipinski definition) is 1. The number of hydrogen-bond acceptors (Lipinski definition) is 5. The normalized spacial score (nSPS) is 10.4. The Bertz CT molecular complexity index is 647. The monoisotopic (exact) mass is 303 g/mol. The van der Waals surface area contributed by atoms with Crippen molar-refractivity contribution in [2.75, 3.05) is 11.9 Å². The van der Waals surface area contributed by atoms with Crippen LogP contribution in [-0.2, 0) is 0 Å². The molecule has 0 spiro atoms. The van der Waals surface area contributed by atoms with Crippen molar-refractivity contribution in [2.45, 2.75) is 30.2 Å². The minimum atomic E-state index is -0.394. The first-order chi connectivity index (χ1) is 10.1. The molecule has 1 N–H and O–H groups in total. The Morgan fingerprint density at radius 3 is 2.81 bits per heavy atom. The summed E-state index contributed by atoms with van der Waals surface area (Å²) in [4.78, 5) is 16.1. The molecule has 2 rings (SSSR count). The third-order valence-electron chi connectivity index (χ3n) is 2.80. The van der Waals surface area contributed by atoms with Gasteiger partial charge in [-0.05, 0) is 31.5 Å². The molecule has 0 aliphatic rings. The summed E-state index contributed by atoms with van der Waals surface area (Å²) in [7, 11) is 0. The van der Waals surface area contributed by atoms with Crippen LogP contribution in [0.1, 0.15) is 18.9 Å². The largest absolute Gasteiger partial charge is 0.370 e. The van der Waals surface area contributed by atoms with E-state index >= 15 is 0 Å². The highest BCUT2D eigenvalue weighted by molar-refractivity contribution is 7.99. The Morgan fingerprint density at radius 2 is 2.14 bits per heavy atom. The first kappa shape index (κ1) is 15.3. The molecule has 0 unspecified atom stereocenters. The third kappa shape index (κ3) is 4.19. The second kappa shape index (κ2) is 7.08. The van der Waals surface area contributed by atoms with Crippen LogP contribution in [0.2, 0.25) is 0 Å². The molecule has 0 fully saturated rings. The second-order valence-corrected chi connectivity index (χ2v) is 5.69. The van der Waals surface area contributed by atoms with E-state index in [0.717, 1.165) is 23.4 Å². The molecule has 110 valence electrons. The van der Waals surface area contributed by atoms with Crippen LogP contribution >= 0.6 is 11.8 Å². The average molecular weight is 303 g/mol. The van der Waals surface area contributed by atoms with Gasteiger partial charge < -0.3 is 5.32 Å². The zero-order valence-electron chi connectivity index (χ0n) is 12.0. The van der Waals surface area contributed by atoms with Crippen LogP contribution in [0.5, 0.6) is 0 Å². The summed E-state index contributed by atoms with van der Waals surface area (Å²) >= 11 is 1.31. The number of rotatable bonds is 6. The van der Waals surface area contributed by atoms with Crippen LogP contribution in [0, 0.1) is 17.0 Å². The van der Waals surface area contributed by atoms with E-state index in [-0.39, 0.29) is 5.69 Å². The zero-order chi connectivity index (χ0) is 15.2. The molecule has 1 heterocycles. The van der Waals surface area contributed by atoms with Gasteiger partial charge in [-0.3, -0.25) is 10.1 Å². The Balaban J connectivity index is 2.31. The summed E-state index contributed by atoms with van der Waals surface area (Å²) in [6, 6.07) is 11.0. The maximum absolute atomic E-state index is 11.1. The highest BCUT2D eigenvalue weighted by Crippen LogP contribution is 2.34. The number of nitrogens with one attached hydrogen (secondary N) is 1. The molecule has 0 saturated carbocycles. The molecule has 1 aromatic heterocycles. The van der Waals surface area contributed by atoms with Crippen molar-refractivity contribution in [3.05, 3.63) is 52.1 Å². The SMILES string of the molecule is CCCNc1ccc([N+](=O)[O-])c(Sc2cccc(C)c2)n1. The Morgan fingerprint density at radius 1 is 1.33 bits per heavy atom. The van der Waals surface area contributed by atoms with E-state index in [2.05, 4.69) is 17.2 Å². The lowest BCUT2D eigenvalue weighted by Crippen LogP contribution is -2.03. The van der Waals surface area contributed by atoms with Crippen molar-refractivity contribution >= 4 is 23.3 Å². The Hall–Kier alpha value is -2.08. The lowest BCUT2D eigenvalue weighted by atomic mass is 10.2. The van der Waals surface area contributed by atoms with E-state index < -0.39 is 4.92 Å². The van der Waals surface area contributed by atoms with Gasteiger partial charge in [0.2, 0.25) is 0 Å². The molecule has 5 nitrogen and oxygen atoms in total. The van der Waals surface area contributed by atoms with E-state index in [9.17, 15) is 10.1 Å². The van der Waals surface area contributed by atoms with Crippen LogP contribution in [0.15, 0.2) is 46.3 Å². The molecule has 0 amide bonds.